The van der Waals surface area contributed by atoms with Crippen LogP contribution in [0, 0.1) is 18.6 Å². The van der Waals surface area contributed by atoms with E-state index in [0.717, 1.165) is 17.5 Å². The first-order chi connectivity index (χ1) is 9.10. The third-order valence-corrected chi connectivity index (χ3v) is 3.13. The average Bonchev–Trinajstić information content (AvgIpc) is 2.39. The largest absolute Gasteiger partial charge is 0.487 e. The van der Waals surface area contributed by atoms with Gasteiger partial charge in [0.1, 0.15) is 24.0 Å². The Bertz CT molecular complexity index is 590. The molecular weight excluding hydrogens is 316 g/mol. The summed E-state index contributed by atoms with van der Waals surface area (Å²) in [7, 11) is 0. The predicted octanol–water partition coefficient (Wildman–Crippen LogP) is 4.14. The van der Waals surface area contributed by atoms with Crippen LogP contribution in [0.25, 0.3) is 0 Å². The molecule has 0 saturated carbocycles. The van der Waals surface area contributed by atoms with Gasteiger partial charge < -0.3 is 4.74 Å². The highest BCUT2D eigenvalue weighted by Crippen LogP contribution is 2.21. The number of ether oxygens (including phenoxy) is 1. The number of rotatable bonds is 4. The van der Waals surface area contributed by atoms with Gasteiger partial charge in [-0.2, -0.15) is 0 Å². The van der Waals surface area contributed by atoms with Crippen molar-refractivity contribution in [1.29, 1.82) is 0 Å². The molecule has 0 N–H and O–H groups in total. The molecule has 0 spiro atoms. The number of nitrogens with zero attached hydrogens (tertiary/aromatic N) is 1. The standard InChI is InChI=1S/C14H12BrF2NO/c1-9-2-5-14(13(7-15)18-9)19-8-10-3-4-11(16)6-12(10)17/h2-6H,7-8H2,1H3. The zero-order chi connectivity index (χ0) is 13.8. The highest BCUT2D eigenvalue weighted by atomic mass is 79.9. The summed E-state index contributed by atoms with van der Waals surface area (Å²) in [6.45, 7) is 1.92. The van der Waals surface area contributed by atoms with Gasteiger partial charge in [0.25, 0.3) is 0 Å². The van der Waals surface area contributed by atoms with Gasteiger partial charge in [-0.1, -0.05) is 15.9 Å². The summed E-state index contributed by atoms with van der Waals surface area (Å²) in [5, 5.41) is 0.552. The van der Waals surface area contributed by atoms with Crippen molar-refractivity contribution in [1.82, 2.24) is 4.98 Å². The molecule has 2 rings (SSSR count). The third-order valence-electron chi connectivity index (χ3n) is 2.60. The lowest BCUT2D eigenvalue weighted by molar-refractivity contribution is 0.295. The molecule has 0 aliphatic carbocycles. The van der Waals surface area contributed by atoms with Crippen molar-refractivity contribution in [2.24, 2.45) is 0 Å². The highest BCUT2D eigenvalue weighted by molar-refractivity contribution is 9.08. The second-order valence-electron chi connectivity index (χ2n) is 4.06. The van der Waals surface area contributed by atoms with Gasteiger partial charge in [0.15, 0.2) is 0 Å². The van der Waals surface area contributed by atoms with E-state index in [4.69, 9.17) is 4.74 Å². The Balaban J connectivity index is 2.14. The Morgan fingerprint density at radius 1 is 1.21 bits per heavy atom. The smallest absolute Gasteiger partial charge is 0.142 e. The van der Waals surface area contributed by atoms with Crippen LogP contribution in [0.4, 0.5) is 8.78 Å². The molecule has 19 heavy (non-hydrogen) atoms. The lowest BCUT2D eigenvalue weighted by Gasteiger charge is -2.10. The normalized spacial score (nSPS) is 10.5. The Labute approximate surface area is 118 Å². The number of alkyl halides is 1. The number of hydrogen-bond acceptors (Lipinski definition) is 2. The first-order valence-corrected chi connectivity index (χ1v) is 6.81. The SMILES string of the molecule is Cc1ccc(OCc2ccc(F)cc2F)c(CBr)n1. The van der Waals surface area contributed by atoms with Crippen LogP contribution in [-0.2, 0) is 11.9 Å². The second-order valence-corrected chi connectivity index (χ2v) is 4.62. The highest BCUT2D eigenvalue weighted by Gasteiger charge is 2.08. The minimum absolute atomic E-state index is 0.0385. The molecule has 0 aliphatic heterocycles. The topological polar surface area (TPSA) is 22.1 Å². The van der Waals surface area contributed by atoms with E-state index in [-0.39, 0.29) is 6.61 Å². The summed E-state index contributed by atoms with van der Waals surface area (Å²) in [5.41, 5.74) is 1.94. The van der Waals surface area contributed by atoms with E-state index in [1.165, 1.54) is 12.1 Å². The molecule has 5 heteroatoms. The fraction of sp³-hybridized carbons (Fsp3) is 0.214. The molecule has 0 aliphatic rings. The van der Waals surface area contributed by atoms with Crippen LogP contribution in [-0.4, -0.2) is 4.98 Å². The average molecular weight is 328 g/mol. The monoisotopic (exact) mass is 327 g/mol. The second kappa shape index (κ2) is 6.10. The van der Waals surface area contributed by atoms with Crippen molar-refractivity contribution in [3.8, 4) is 5.75 Å². The van der Waals surface area contributed by atoms with Crippen molar-refractivity contribution < 1.29 is 13.5 Å². The van der Waals surface area contributed by atoms with Crippen LogP contribution in [0.5, 0.6) is 5.75 Å². The molecule has 2 aromatic rings. The molecule has 0 amide bonds. The lowest BCUT2D eigenvalue weighted by Crippen LogP contribution is -2.02. The molecule has 0 atom stereocenters. The molecule has 100 valence electrons. The molecule has 1 heterocycles. The van der Waals surface area contributed by atoms with Gasteiger partial charge in [-0.15, -0.1) is 0 Å². The predicted molar refractivity (Wildman–Crippen MR) is 72.3 cm³/mol. The van der Waals surface area contributed by atoms with E-state index in [1.807, 2.05) is 13.0 Å². The van der Waals surface area contributed by atoms with E-state index in [9.17, 15) is 8.78 Å². The third kappa shape index (κ3) is 3.50. The molecule has 0 radical (unpaired) electrons. The fourth-order valence-corrected chi connectivity index (χ4v) is 2.02. The summed E-state index contributed by atoms with van der Waals surface area (Å²) in [5.74, 6) is -0.619. The van der Waals surface area contributed by atoms with Crippen molar-refractivity contribution in [3.05, 3.63) is 58.9 Å². The maximum atomic E-state index is 13.5. The fourth-order valence-electron chi connectivity index (χ4n) is 1.62. The minimum atomic E-state index is -0.611. The van der Waals surface area contributed by atoms with Crippen LogP contribution < -0.4 is 4.74 Å². The van der Waals surface area contributed by atoms with E-state index in [2.05, 4.69) is 20.9 Å². The van der Waals surface area contributed by atoms with Gasteiger partial charge in [0.05, 0.1) is 5.69 Å². The zero-order valence-corrected chi connectivity index (χ0v) is 11.9. The minimum Gasteiger partial charge on any atom is -0.487 e. The van der Waals surface area contributed by atoms with Crippen LogP contribution in [0.2, 0.25) is 0 Å². The number of benzene rings is 1. The molecule has 1 aromatic carbocycles. The number of pyridine rings is 1. The summed E-state index contributed by atoms with van der Waals surface area (Å²) < 4.78 is 31.8. The van der Waals surface area contributed by atoms with Crippen LogP contribution in [0.1, 0.15) is 17.0 Å². The van der Waals surface area contributed by atoms with Gasteiger partial charge in [0.2, 0.25) is 0 Å². The van der Waals surface area contributed by atoms with Gasteiger partial charge in [0, 0.05) is 22.7 Å². The van der Waals surface area contributed by atoms with Crippen molar-refractivity contribution in [3.63, 3.8) is 0 Å². The quantitative estimate of drug-likeness (QED) is 0.787. The Morgan fingerprint density at radius 3 is 2.68 bits per heavy atom. The molecule has 0 fully saturated rings. The van der Waals surface area contributed by atoms with E-state index in [1.54, 1.807) is 6.07 Å². The van der Waals surface area contributed by atoms with Gasteiger partial charge in [-0.05, 0) is 31.2 Å². The number of hydrogen-bond donors (Lipinski definition) is 0. The molecule has 1 aromatic heterocycles. The molecule has 0 bridgehead atoms. The number of halogens is 3. The summed E-state index contributed by atoms with van der Waals surface area (Å²) >= 11 is 3.33. The maximum Gasteiger partial charge on any atom is 0.142 e. The summed E-state index contributed by atoms with van der Waals surface area (Å²) in [6, 6.07) is 7.04. The van der Waals surface area contributed by atoms with Gasteiger partial charge in [-0.25, -0.2) is 8.78 Å². The molecule has 2 nitrogen and oxygen atoms in total. The first-order valence-electron chi connectivity index (χ1n) is 5.69. The van der Waals surface area contributed by atoms with E-state index >= 15 is 0 Å². The van der Waals surface area contributed by atoms with Gasteiger partial charge in [-0.3, -0.25) is 4.98 Å². The van der Waals surface area contributed by atoms with Crippen LogP contribution in [0.15, 0.2) is 30.3 Å². The summed E-state index contributed by atoms with van der Waals surface area (Å²) in [6.07, 6.45) is 0. The maximum absolute atomic E-state index is 13.5. The van der Waals surface area contributed by atoms with Crippen LogP contribution >= 0.6 is 15.9 Å². The van der Waals surface area contributed by atoms with Crippen molar-refractivity contribution in [2.75, 3.05) is 0 Å². The Hall–Kier alpha value is -1.49. The van der Waals surface area contributed by atoms with Gasteiger partial charge >= 0.3 is 0 Å². The Morgan fingerprint density at radius 2 is 2.00 bits per heavy atom. The zero-order valence-electron chi connectivity index (χ0n) is 10.3. The molecule has 0 unspecified atom stereocenters. The summed E-state index contributed by atoms with van der Waals surface area (Å²) in [4.78, 5) is 4.31. The van der Waals surface area contributed by atoms with Crippen molar-refractivity contribution >= 4 is 15.9 Å². The Kier molecular flexibility index (Phi) is 4.47. The van der Waals surface area contributed by atoms with E-state index in [0.29, 0.717) is 16.6 Å². The number of aryl methyl sites for hydroxylation is 1. The molecular formula is C14H12BrF2NO. The first kappa shape index (κ1) is 13.9. The van der Waals surface area contributed by atoms with Crippen molar-refractivity contribution in [2.45, 2.75) is 18.9 Å². The van der Waals surface area contributed by atoms with E-state index < -0.39 is 11.6 Å². The molecule has 0 saturated heterocycles. The number of aromatic nitrogens is 1. The van der Waals surface area contributed by atoms with Crippen LogP contribution in [0.3, 0.4) is 0 Å². The lowest BCUT2D eigenvalue weighted by atomic mass is 10.2.